The van der Waals surface area contributed by atoms with Crippen molar-refractivity contribution in [3.63, 3.8) is 0 Å². The van der Waals surface area contributed by atoms with Gasteiger partial charge in [0.05, 0.1) is 0 Å². The number of hydrogen-bond donors (Lipinski definition) is 3. The number of alkyl halides is 3. The van der Waals surface area contributed by atoms with Crippen molar-refractivity contribution in [3.8, 4) is 0 Å². The maximum absolute atomic E-state index is 13.5. The monoisotopic (exact) mass is 435 g/mol. The van der Waals surface area contributed by atoms with Crippen molar-refractivity contribution in [3.05, 3.63) is 29.3 Å². The molecule has 3 rings (SSSR count). The number of amides is 3. The lowest BCUT2D eigenvalue weighted by atomic mass is 10.0. The van der Waals surface area contributed by atoms with Crippen LogP contribution in [0.4, 0.5) is 23.7 Å². The van der Waals surface area contributed by atoms with Gasteiger partial charge >= 0.3 is 12.2 Å². The maximum Gasteiger partial charge on any atom is 0.405 e. The lowest BCUT2D eigenvalue weighted by molar-refractivity contribution is -0.183. The van der Waals surface area contributed by atoms with E-state index in [1.807, 2.05) is 0 Å². The topological polar surface area (TPSA) is 76.7 Å². The standard InChI is InChI=1S/C18H24F3N5O2.ClH/c1-12-13(3-2-4-14(12)26-10-7-23-17(26)28)16(27)24-11-15(18(19,20)21)25-8-5-22-6-9-25;/h2-4,15,22H,5-11H2,1H3,(H,23,28)(H,24,27);1H. The van der Waals surface area contributed by atoms with Crippen molar-refractivity contribution in [2.24, 2.45) is 0 Å². The van der Waals surface area contributed by atoms with Gasteiger partial charge in [0.25, 0.3) is 5.91 Å². The van der Waals surface area contributed by atoms with E-state index >= 15 is 0 Å². The van der Waals surface area contributed by atoms with E-state index in [2.05, 4.69) is 16.0 Å². The molecular weight excluding hydrogens is 411 g/mol. The molecule has 2 aliphatic heterocycles. The molecule has 1 unspecified atom stereocenters. The number of carbonyl (C=O) groups is 2. The van der Waals surface area contributed by atoms with Gasteiger partial charge in [0.2, 0.25) is 0 Å². The molecule has 7 nitrogen and oxygen atoms in total. The van der Waals surface area contributed by atoms with Crippen molar-refractivity contribution >= 4 is 30.0 Å². The zero-order valence-electron chi connectivity index (χ0n) is 16.0. The number of carbonyl (C=O) groups excluding carboxylic acids is 2. The van der Waals surface area contributed by atoms with Gasteiger partial charge < -0.3 is 16.0 Å². The van der Waals surface area contributed by atoms with Crippen LogP contribution in [0.2, 0.25) is 0 Å². The normalized spacial score (nSPS) is 18.8. The molecule has 0 aromatic heterocycles. The summed E-state index contributed by atoms with van der Waals surface area (Å²) >= 11 is 0. The van der Waals surface area contributed by atoms with Crippen LogP contribution < -0.4 is 20.9 Å². The number of rotatable bonds is 5. The van der Waals surface area contributed by atoms with E-state index in [-0.39, 0.29) is 37.1 Å². The number of benzene rings is 1. The van der Waals surface area contributed by atoms with Crippen LogP contribution in [-0.2, 0) is 0 Å². The molecule has 1 atom stereocenters. The summed E-state index contributed by atoms with van der Waals surface area (Å²) in [6.07, 6.45) is -4.44. The predicted octanol–water partition coefficient (Wildman–Crippen LogP) is 1.51. The van der Waals surface area contributed by atoms with Gasteiger partial charge in [-0.15, -0.1) is 12.4 Å². The van der Waals surface area contributed by atoms with Crippen molar-refractivity contribution in [1.82, 2.24) is 20.9 Å². The predicted molar refractivity (Wildman–Crippen MR) is 106 cm³/mol. The number of anilines is 1. The summed E-state index contributed by atoms with van der Waals surface area (Å²) < 4.78 is 40.5. The maximum atomic E-state index is 13.5. The first-order valence-corrected chi connectivity index (χ1v) is 9.23. The molecule has 0 spiro atoms. The van der Waals surface area contributed by atoms with Gasteiger partial charge in [-0.25, -0.2) is 4.79 Å². The Morgan fingerprint density at radius 2 is 1.90 bits per heavy atom. The number of urea groups is 1. The summed E-state index contributed by atoms with van der Waals surface area (Å²) in [6.45, 7) is 3.68. The van der Waals surface area contributed by atoms with E-state index in [0.717, 1.165) is 0 Å². The highest BCUT2D eigenvalue weighted by Crippen LogP contribution is 2.26. The summed E-state index contributed by atoms with van der Waals surface area (Å²) in [5.41, 5.74) is 1.40. The molecule has 0 radical (unpaired) electrons. The second-order valence-corrected chi connectivity index (χ2v) is 6.89. The average molecular weight is 436 g/mol. The smallest absolute Gasteiger partial charge is 0.350 e. The lowest BCUT2D eigenvalue weighted by Gasteiger charge is -2.36. The molecule has 11 heteroatoms. The minimum atomic E-state index is -4.44. The van der Waals surface area contributed by atoms with Crippen LogP contribution in [0, 0.1) is 6.92 Å². The Balaban J connectivity index is 0.00000300. The van der Waals surface area contributed by atoms with Crippen LogP contribution in [0.3, 0.4) is 0 Å². The molecular formula is C18H25ClF3N5O2. The summed E-state index contributed by atoms with van der Waals surface area (Å²) in [7, 11) is 0. The number of nitrogens with zero attached hydrogens (tertiary/aromatic N) is 2. The molecule has 0 saturated carbocycles. The Kier molecular flexibility index (Phi) is 7.73. The first-order valence-electron chi connectivity index (χ1n) is 9.23. The Labute approximate surface area is 173 Å². The molecule has 1 aromatic rings. The van der Waals surface area contributed by atoms with Crippen LogP contribution in [0.15, 0.2) is 18.2 Å². The Morgan fingerprint density at radius 3 is 2.48 bits per heavy atom. The zero-order chi connectivity index (χ0) is 20.3. The molecule has 0 bridgehead atoms. The number of hydrogen-bond acceptors (Lipinski definition) is 4. The Bertz CT molecular complexity index is 741. The van der Waals surface area contributed by atoms with Crippen molar-refractivity contribution in [2.75, 3.05) is 50.7 Å². The lowest BCUT2D eigenvalue weighted by Crippen LogP contribution is -2.57. The van der Waals surface area contributed by atoms with E-state index in [1.54, 1.807) is 25.1 Å². The van der Waals surface area contributed by atoms with E-state index in [9.17, 15) is 22.8 Å². The number of piperazine rings is 1. The fourth-order valence-corrected chi connectivity index (χ4v) is 3.59. The SMILES string of the molecule is Cc1c(C(=O)NCC(N2CCNCC2)C(F)(F)F)cccc1N1CCNC1=O.Cl. The van der Waals surface area contributed by atoms with Crippen LogP contribution in [0.1, 0.15) is 15.9 Å². The van der Waals surface area contributed by atoms with Gasteiger partial charge in [-0.2, -0.15) is 13.2 Å². The molecule has 0 aliphatic carbocycles. The van der Waals surface area contributed by atoms with Crippen LogP contribution >= 0.6 is 12.4 Å². The van der Waals surface area contributed by atoms with Crippen LogP contribution in [0.5, 0.6) is 0 Å². The summed E-state index contributed by atoms with van der Waals surface area (Å²) in [6, 6.07) is 2.91. The molecule has 2 heterocycles. The van der Waals surface area contributed by atoms with Crippen molar-refractivity contribution in [1.29, 1.82) is 0 Å². The van der Waals surface area contributed by atoms with Gasteiger partial charge in [0.15, 0.2) is 0 Å². The van der Waals surface area contributed by atoms with Gasteiger partial charge in [-0.05, 0) is 24.6 Å². The van der Waals surface area contributed by atoms with Gasteiger partial charge in [0.1, 0.15) is 6.04 Å². The Hall–Kier alpha value is -2.04. The van der Waals surface area contributed by atoms with Gasteiger partial charge in [-0.1, -0.05) is 6.07 Å². The summed E-state index contributed by atoms with van der Waals surface area (Å²) in [5.74, 6) is -0.580. The second kappa shape index (κ2) is 9.64. The minimum Gasteiger partial charge on any atom is -0.350 e. The highest BCUT2D eigenvalue weighted by Gasteiger charge is 2.43. The minimum absolute atomic E-state index is 0. The van der Waals surface area contributed by atoms with Crippen molar-refractivity contribution < 1.29 is 22.8 Å². The second-order valence-electron chi connectivity index (χ2n) is 6.89. The molecule has 2 aliphatic rings. The third kappa shape index (κ3) is 5.31. The first kappa shape index (κ1) is 23.2. The van der Waals surface area contributed by atoms with Gasteiger partial charge in [0, 0.05) is 57.1 Å². The largest absolute Gasteiger partial charge is 0.405 e. The summed E-state index contributed by atoms with van der Waals surface area (Å²) in [4.78, 5) is 27.3. The Morgan fingerprint density at radius 1 is 1.21 bits per heavy atom. The average Bonchev–Trinajstić information content (AvgIpc) is 3.07. The van der Waals surface area contributed by atoms with Crippen molar-refractivity contribution in [2.45, 2.75) is 19.1 Å². The molecule has 3 N–H and O–H groups in total. The van der Waals surface area contributed by atoms with Crippen LogP contribution in [0.25, 0.3) is 0 Å². The fourth-order valence-electron chi connectivity index (χ4n) is 3.59. The van der Waals surface area contributed by atoms with E-state index in [4.69, 9.17) is 0 Å². The van der Waals surface area contributed by atoms with Gasteiger partial charge in [-0.3, -0.25) is 14.6 Å². The third-order valence-electron chi connectivity index (χ3n) is 5.12. The highest BCUT2D eigenvalue weighted by atomic mass is 35.5. The first-order chi connectivity index (χ1) is 13.3. The zero-order valence-corrected chi connectivity index (χ0v) is 16.8. The number of nitrogens with one attached hydrogen (secondary N) is 3. The van der Waals surface area contributed by atoms with E-state index in [0.29, 0.717) is 37.4 Å². The van der Waals surface area contributed by atoms with E-state index in [1.165, 1.54) is 9.80 Å². The highest BCUT2D eigenvalue weighted by molar-refractivity contribution is 6.00. The molecule has 3 amide bonds. The molecule has 1 aromatic carbocycles. The molecule has 2 saturated heterocycles. The molecule has 162 valence electrons. The third-order valence-corrected chi connectivity index (χ3v) is 5.12. The fraction of sp³-hybridized carbons (Fsp3) is 0.556. The van der Waals surface area contributed by atoms with Crippen LogP contribution in [-0.4, -0.2) is 74.9 Å². The molecule has 29 heavy (non-hydrogen) atoms. The van der Waals surface area contributed by atoms with E-state index < -0.39 is 24.7 Å². The quantitative estimate of drug-likeness (QED) is 0.655. The summed E-state index contributed by atoms with van der Waals surface area (Å²) in [5, 5.41) is 8.14. The number of halogens is 4. The molecule has 2 fully saturated rings.